The van der Waals surface area contributed by atoms with Gasteiger partial charge in [0.1, 0.15) is 11.8 Å². The van der Waals surface area contributed by atoms with Gasteiger partial charge in [-0.1, -0.05) is 54.6 Å². The van der Waals surface area contributed by atoms with Crippen LogP contribution in [0.15, 0.2) is 60.7 Å². The lowest BCUT2D eigenvalue weighted by Gasteiger charge is -2.07. The highest BCUT2D eigenvalue weighted by Gasteiger charge is 2.04. The summed E-state index contributed by atoms with van der Waals surface area (Å²) in [4.78, 5) is 11.7. The summed E-state index contributed by atoms with van der Waals surface area (Å²) in [6, 6.07) is 18.7. The second kappa shape index (κ2) is 8.28. The number of benzene rings is 2. The maximum absolute atomic E-state index is 11.7. The highest BCUT2D eigenvalue weighted by Crippen LogP contribution is 2.16. The third-order valence-corrected chi connectivity index (χ3v) is 2.89. The molecule has 2 aromatic carbocycles. The minimum absolute atomic E-state index is 0.113. The zero-order valence-corrected chi connectivity index (χ0v) is 12.0. The summed E-state index contributed by atoms with van der Waals surface area (Å²) >= 11 is 0. The Morgan fingerprint density at radius 1 is 1.14 bits per heavy atom. The zero-order valence-electron chi connectivity index (χ0n) is 12.0. The number of para-hydroxylation sites is 1. The molecule has 2 aromatic rings. The molecule has 0 saturated heterocycles. The molecule has 0 unspecified atom stereocenters. The van der Waals surface area contributed by atoms with Gasteiger partial charge >= 0.3 is 0 Å². The molecule has 0 fully saturated rings. The van der Waals surface area contributed by atoms with Crippen molar-refractivity contribution >= 4 is 12.0 Å². The molecule has 4 nitrogen and oxygen atoms in total. The third-order valence-electron chi connectivity index (χ3n) is 2.89. The van der Waals surface area contributed by atoms with Gasteiger partial charge in [-0.2, -0.15) is 5.26 Å². The Hall–Kier alpha value is -3.06. The molecule has 22 heavy (non-hydrogen) atoms. The number of amides is 1. The fraction of sp³-hybridized carbons (Fsp3) is 0.111. The Morgan fingerprint density at radius 3 is 2.64 bits per heavy atom. The van der Waals surface area contributed by atoms with Crippen LogP contribution < -0.4 is 10.1 Å². The molecule has 2 rings (SSSR count). The van der Waals surface area contributed by atoms with Crippen LogP contribution in [0, 0.1) is 11.3 Å². The normalized spacial score (nSPS) is 10.1. The molecular weight excluding hydrogens is 276 g/mol. The van der Waals surface area contributed by atoms with Gasteiger partial charge < -0.3 is 10.1 Å². The SMILES string of the molecule is N#Cc1ccccc1OCC(=O)NCC=Cc1ccccc1. The lowest BCUT2D eigenvalue weighted by Crippen LogP contribution is -2.29. The van der Waals surface area contributed by atoms with E-state index in [-0.39, 0.29) is 12.5 Å². The Morgan fingerprint density at radius 2 is 1.86 bits per heavy atom. The molecule has 0 aliphatic rings. The lowest BCUT2D eigenvalue weighted by atomic mass is 10.2. The van der Waals surface area contributed by atoms with Gasteiger partial charge in [-0.15, -0.1) is 0 Å². The molecule has 1 N–H and O–H groups in total. The molecule has 0 aliphatic carbocycles. The molecule has 0 bridgehead atoms. The predicted octanol–water partition coefficient (Wildman–Crippen LogP) is 2.77. The monoisotopic (exact) mass is 292 g/mol. The van der Waals surface area contributed by atoms with Crippen LogP contribution in [0.4, 0.5) is 0 Å². The highest BCUT2D eigenvalue weighted by molar-refractivity contribution is 5.77. The summed E-state index contributed by atoms with van der Waals surface area (Å²) in [5, 5.41) is 11.7. The smallest absolute Gasteiger partial charge is 0.258 e. The number of carbonyl (C=O) groups is 1. The summed E-state index contributed by atoms with van der Waals surface area (Å²) in [6.45, 7) is 0.314. The Kier molecular flexibility index (Phi) is 5.77. The maximum Gasteiger partial charge on any atom is 0.258 e. The molecular formula is C18H16N2O2. The van der Waals surface area contributed by atoms with E-state index in [2.05, 4.69) is 5.32 Å². The fourth-order valence-electron chi connectivity index (χ4n) is 1.81. The van der Waals surface area contributed by atoms with Crippen molar-refractivity contribution in [2.45, 2.75) is 0 Å². The largest absolute Gasteiger partial charge is 0.482 e. The van der Waals surface area contributed by atoms with E-state index in [1.807, 2.05) is 48.6 Å². The van der Waals surface area contributed by atoms with Crippen molar-refractivity contribution < 1.29 is 9.53 Å². The number of nitriles is 1. The van der Waals surface area contributed by atoms with E-state index in [4.69, 9.17) is 10.00 Å². The van der Waals surface area contributed by atoms with Crippen LogP contribution in [0.3, 0.4) is 0 Å². The molecule has 0 aliphatic heterocycles. The third kappa shape index (κ3) is 4.80. The zero-order chi connectivity index (χ0) is 15.6. The average Bonchev–Trinajstić information content (AvgIpc) is 2.58. The van der Waals surface area contributed by atoms with Gasteiger partial charge in [0.15, 0.2) is 6.61 Å². The minimum Gasteiger partial charge on any atom is -0.482 e. The van der Waals surface area contributed by atoms with Crippen LogP contribution in [0.5, 0.6) is 5.75 Å². The average molecular weight is 292 g/mol. The van der Waals surface area contributed by atoms with Crippen molar-refractivity contribution in [1.29, 1.82) is 5.26 Å². The van der Waals surface area contributed by atoms with Gasteiger partial charge in [-0.05, 0) is 17.7 Å². The summed E-state index contributed by atoms with van der Waals surface area (Å²) in [5.74, 6) is 0.186. The molecule has 0 aromatic heterocycles. The van der Waals surface area contributed by atoms with E-state index in [0.717, 1.165) is 5.56 Å². The molecule has 0 atom stereocenters. The van der Waals surface area contributed by atoms with Gasteiger partial charge in [-0.25, -0.2) is 0 Å². The summed E-state index contributed by atoms with van der Waals surface area (Å²) in [5.41, 5.74) is 1.50. The van der Waals surface area contributed by atoms with Crippen molar-refractivity contribution in [3.05, 3.63) is 71.8 Å². The van der Waals surface area contributed by atoms with E-state index in [9.17, 15) is 4.79 Å². The van der Waals surface area contributed by atoms with Gasteiger partial charge in [0.25, 0.3) is 5.91 Å². The highest BCUT2D eigenvalue weighted by atomic mass is 16.5. The summed E-state index contributed by atoms with van der Waals surface area (Å²) in [6.07, 6.45) is 3.81. The summed E-state index contributed by atoms with van der Waals surface area (Å²) in [7, 11) is 0. The molecule has 0 spiro atoms. The van der Waals surface area contributed by atoms with Gasteiger partial charge in [0.05, 0.1) is 5.56 Å². The standard InChI is InChI=1S/C18H16N2O2/c19-13-16-10-4-5-11-17(16)22-14-18(21)20-12-6-9-15-7-2-1-3-8-15/h1-11H,12,14H2,(H,20,21). The van der Waals surface area contributed by atoms with Crippen LogP contribution in [0.25, 0.3) is 6.08 Å². The van der Waals surface area contributed by atoms with Crippen molar-refractivity contribution in [3.63, 3.8) is 0 Å². The summed E-state index contributed by atoms with van der Waals surface area (Å²) < 4.78 is 5.35. The van der Waals surface area contributed by atoms with Crippen LogP contribution in [-0.2, 0) is 4.79 Å². The Balaban J connectivity index is 1.75. The first-order chi connectivity index (χ1) is 10.8. The van der Waals surface area contributed by atoms with Crippen LogP contribution >= 0.6 is 0 Å². The molecule has 110 valence electrons. The van der Waals surface area contributed by atoms with E-state index < -0.39 is 0 Å². The number of carbonyl (C=O) groups excluding carboxylic acids is 1. The van der Waals surface area contributed by atoms with E-state index in [1.165, 1.54) is 0 Å². The van der Waals surface area contributed by atoms with Crippen LogP contribution in [-0.4, -0.2) is 19.1 Å². The number of ether oxygens (including phenoxy) is 1. The Labute approximate surface area is 129 Å². The van der Waals surface area contributed by atoms with Crippen LogP contribution in [0.2, 0.25) is 0 Å². The van der Waals surface area contributed by atoms with Gasteiger partial charge in [0.2, 0.25) is 0 Å². The minimum atomic E-state index is -0.231. The number of hydrogen-bond donors (Lipinski definition) is 1. The van der Waals surface area contributed by atoms with Gasteiger partial charge in [0, 0.05) is 6.54 Å². The van der Waals surface area contributed by atoms with Crippen molar-refractivity contribution in [1.82, 2.24) is 5.32 Å². The van der Waals surface area contributed by atoms with Crippen molar-refractivity contribution in [3.8, 4) is 11.8 Å². The lowest BCUT2D eigenvalue weighted by molar-refractivity contribution is -0.122. The first-order valence-corrected chi connectivity index (χ1v) is 6.90. The van der Waals surface area contributed by atoms with Crippen LogP contribution in [0.1, 0.15) is 11.1 Å². The van der Waals surface area contributed by atoms with Crippen molar-refractivity contribution in [2.75, 3.05) is 13.2 Å². The van der Waals surface area contributed by atoms with Crippen molar-refractivity contribution in [2.24, 2.45) is 0 Å². The fourth-order valence-corrected chi connectivity index (χ4v) is 1.81. The molecule has 1 amide bonds. The van der Waals surface area contributed by atoms with E-state index in [0.29, 0.717) is 17.9 Å². The first-order valence-electron chi connectivity index (χ1n) is 6.90. The van der Waals surface area contributed by atoms with Gasteiger partial charge in [-0.3, -0.25) is 4.79 Å². The second-order valence-electron chi connectivity index (χ2n) is 4.51. The number of rotatable bonds is 6. The Bertz CT molecular complexity index is 688. The van der Waals surface area contributed by atoms with E-state index in [1.54, 1.807) is 24.3 Å². The second-order valence-corrected chi connectivity index (χ2v) is 4.51. The maximum atomic E-state index is 11.7. The molecule has 0 radical (unpaired) electrons. The first kappa shape index (κ1) is 15.3. The quantitative estimate of drug-likeness (QED) is 0.890. The predicted molar refractivity (Wildman–Crippen MR) is 85.1 cm³/mol. The number of nitrogens with zero attached hydrogens (tertiary/aromatic N) is 1. The van der Waals surface area contributed by atoms with E-state index >= 15 is 0 Å². The topological polar surface area (TPSA) is 62.1 Å². The molecule has 4 heteroatoms. The molecule has 0 heterocycles. The number of hydrogen-bond acceptors (Lipinski definition) is 3. The number of nitrogens with one attached hydrogen (secondary N) is 1. The molecule has 0 saturated carbocycles.